The maximum absolute atomic E-state index is 6.09. The Labute approximate surface area is 151 Å². The minimum Gasteiger partial charge on any atom is -0.495 e. The third-order valence-electron chi connectivity index (χ3n) is 3.79. The van der Waals surface area contributed by atoms with Gasteiger partial charge in [-0.05, 0) is 36.8 Å². The summed E-state index contributed by atoms with van der Waals surface area (Å²) in [5.74, 6) is 0.979. The van der Waals surface area contributed by atoms with Crippen molar-refractivity contribution in [3.63, 3.8) is 0 Å². The number of nitrogens with zero attached hydrogens (tertiary/aromatic N) is 3. The largest absolute Gasteiger partial charge is 0.495 e. The molecule has 0 fully saturated rings. The number of aliphatic imine (C=N–C) groups is 1. The molecule has 1 aromatic heterocycles. The van der Waals surface area contributed by atoms with E-state index < -0.39 is 0 Å². The summed E-state index contributed by atoms with van der Waals surface area (Å²) < 4.78 is 7.24. The Morgan fingerprint density at radius 3 is 2.96 bits per heavy atom. The summed E-state index contributed by atoms with van der Waals surface area (Å²) in [5, 5.41) is 3.55. The molecule has 0 amide bonds. The first-order chi connectivity index (χ1) is 12.2. The molecule has 0 radical (unpaired) electrons. The van der Waals surface area contributed by atoms with Crippen molar-refractivity contribution in [1.82, 2.24) is 9.55 Å². The molecule has 0 saturated heterocycles. The number of nitrogens with two attached hydrogens (primary N) is 1. The van der Waals surface area contributed by atoms with E-state index in [0.29, 0.717) is 23.3 Å². The molecule has 6 nitrogen and oxygen atoms in total. The lowest BCUT2D eigenvalue weighted by atomic mass is 10.3. The van der Waals surface area contributed by atoms with E-state index >= 15 is 0 Å². The van der Waals surface area contributed by atoms with Gasteiger partial charge >= 0.3 is 0 Å². The molecule has 0 bridgehead atoms. The maximum Gasteiger partial charge on any atom is 0.193 e. The van der Waals surface area contributed by atoms with Gasteiger partial charge in [-0.2, -0.15) is 0 Å². The SMILES string of the molecule is COc1ccc(NC(N)=NCCCn2cnc3ccccc32)cc1Cl. The zero-order valence-electron chi connectivity index (χ0n) is 13.9. The number of nitrogens with one attached hydrogen (secondary N) is 1. The number of benzene rings is 2. The van der Waals surface area contributed by atoms with Crippen LogP contribution in [0.5, 0.6) is 5.75 Å². The first kappa shape index (κ1) is 17.1. The van der Waals surface area contributed by atoms with Crippen molar-refractivity contribution >= 4 is 34.3 Å². The summed E-state index contributed by atoms with van der Waals surface area (Å²) in [6, 6.07) is 13.4. The van der Waals surface area contributed by atoms with Crippen molar-refractivity contribution in [3.8, 4) is 5.75 Å². The lowest BCUT2D eigenvalue weighted by molar-refractivity contribution is 0.415. The van der Waals surface area contributed by atoms with Crippen LogP contribution in [-0.4, -0.2) is 29.2 Å². The van der Waals surface area contributed by atoms with E-state index in [4.69, 9.17) is 22.1 Å². The van der Waals surface area contributed by atoms with Crippen LogP contribution in [0.3, 0.4) is 0 Å². The second-order valence-electron chi connectivity index (χ2n) is 5.52. The maximum atomic E-state index is 6.09. The lowest BCUT2D eigenvalue weighted by Crippen LogP contribution is -2.23. The van der Waals surface area contributed by atoms with Gasteiger partial charge in [0.25, 0.3) is 0 Å². The number of halogens is 1. The number of rotatable bonds is 6. The third kappa shape index (κ3) is 4.22. The average molecular weight is 358 g/mol. The van der Waals surface area contributed by atoms with Crippen molar-refractivity contribution < 1.29 is 4.74 Å². The van der Waals surface area contributed by atoms with Crippen molar-refractivity contribution in [2.24, 2.45) is 10.7 Å². The number of hydrogen-bond donors (Lipinski definition) is 2. The molecule has 3 rings (SSSR count). The highest BCUT2D eigenvalue weighted by molar-refractivity contribution is 6.32. The van der Waals surface area contributed by atoms with Gasteiger partial charge in [-0.3, -0.25) is 4.99 Å². The Morgan fingerprint density at radius 2 is 2.16 bits per heavy atom. The molecule has 0 aliphatic carbocycles. The first-order valence-electron chi connectivity index (χ1n) is 7.98. The van der Waals surface area contributed by atoms with Crippen molar-refractivity contribution in [1.29, 1.82) is 0 Å². The highest BCUT2D eigenvalue weighted by atomic mass is 35.5. The second-order valence-corrected chi connectivity index (χ2v) is 5.93. The number of anilines is 1. The quantitative estimate of drug-likeness (QED) is 0.402. The van der Waals surface area contributed by atoms with Crippen LogP contribution in [0.4, 0.5) is 5.69 Å². The molecular weight excluding hydrogens is 338 g/mol. The minimum absolute atomic E-state index is 0.358. The molecule has 0 saturated carbocycles. The Balaban J connectivity index is 1.52. The van der Waals surface area contributed by atoms with Crippen LogP contribution in [0, 0.1) is 0 Å². The molecule has 3 aromatic rings. The van der Waals surface area contributed by atoms with Crippen molar-refractivity contribution in [2.45, 2.75) is 13.0 Å². The minimum atomic E-state index is 0.358. The third-order valence-corrected chi connectivity index (χ3v) is 4.09. The molecule has 2 aromatic carbocycles. The molecule has 1 heterocycles. The van der Waals surface area contributed by atoms with Gasteiger partial charge in [0.1, 0.15) is 5.75 Å². The number of guanidine groups is 1. The predicted molar refractivity (Wildman–Crippen MR) is 102 cm³/mol. The molecule has 130 valence electrons. The first-order valence-corrected chi connectivity index (χ1v) is 8.35. The van der Waals surface area contributed by atoms with Crippen LogP contribution < -0.4 is 15.8 Å². The molecular formula is C18H20ClN5O. The molecule has 3 N–H and O–H groups in total. The highest BCUT2D eigenvalue weighted by Crippen LogP contribution is 2.27. The number of hydrogen-bond acceptors (Lipinski definition) is 3. The average Bonchev–Trinajstić information content (AvgIpc) is 3.02. The van der Waals surface area contributed by atoms with Crippen molar-refractivity contribution in [2.75, 3.05) is 19.0 Å². The number of methoxy groups -OCH3 is 1. The van der Waals surface area contributed by atoms with Crippen LogP contribution in [0.15, 0.2) is 53.8 Å². The van der Waals surface area contributed by atoms with Crippen LogP contribution in [0.2, 0.25) is 5.02 Å². The second kappa shape index (κ2) is 7.90. The number of aromatic nitrogens is 2. The Morgan fingerprint density at radius 1 is 1.32 bits per heavy atom. The number of aryl methyl sites for hydroxylation is 1. The zero-order valence-corrected chi connectivity index (χ0v) is 14.7. The topological polar surface area (TPSA) is 77.5 Å². The van der Waals surface area contributed by atoms with Crippen LogP contribution in [-0.2, 0) is 6.54 Å². The smallest absolute Gasteiger partial charge is 0.193 e. The fourth-order valence-electron chi connectivity index (χ4n) is 2.56. The molecule has 0 aliphatic heterocycles. The number of imidazole rings is 1. The van der Waals surface area contributed by atoms with E-state index in [9.17, 15) is 0 Å². The fourth-order valence-corrected chi connectivity index (χ4v) is 2.82. The standard InChI is InChI=1S/C18H20ClN5O/c1-25-17-8-7-13(11-14(17)19)23-18(20)21-9-4-10-24-12-22-15-5-2-3-6-16(15)24/h2-3,5-8,11-12H,4,9-10H2,1H3,(H3,20,21,23). The molecule has 0 unspecified atom stereocenters. The highest BCUT2D eigenvalue weighted by Gasteiger charge is 2.03. The normalized spacial score (nSPS) is 11.7. The lowest BCUT2D eigenvalue weighted by Gasteiger charge is -2.08. The summed E-state index contributed by atoms with van der Waals surface area (Å²) in [7, 11) is 1.58. The van der Waals surface area contributed by atoms with Crippen molar-refractivity contribution in [3.05, 3.63) is 53.8 Å². The van der Waals surface area contributed by atoms with E-state index in [2.05, 4.69) is 25.9 Å². The predicted octanol–water partition coefficient (Wildman–Crippen LogP) is 3.52. The van der Waals surface area contributed by atoms with Gasteiger partial charge in [-0.25, -0.2) is 4.98 Å². The molecule has 0 aliphatic rings. The Kier molecular flexibility index (Phi) is 5.40. The van der Waals surface area contributed by atoms with Gasteiger partial charge in [-0.1, -0.05) is 23.7 Å². The fraction of sp³-hybridized carbons (Fsp3) is 0.222. The molecule has 0 spiro atoms. The number of fused-ring (bicyclic) bond motifs is 1. The Bertz CT molecular complexity index is 890. The number of para-hydroxylation sites is 2. The van der Waals surface area contributed by atoms with Gasteiger partial charge in [0.2, 0.25) is 0 Å². The number of ether oxygens (including phenoxy) is 1. The van der Waals surface area contributed by atoms with Gasteiger partial charge in [0.15, 0.2) is 5.96 Å². The summed E-state index contributed by atoms with van der Waals surface area (Å²) in [5.41, 5.74) is 8.83. The van der Waals surface area contributed by atoms with Gasteiger partial charge in [0, 0.05) is 18.8 Å². The van der Waals surface area contributed by atoms with E-state index in [1.54, 1.807) is 19.2 Å². The zero-order chi connectivity index (χ0) is 17.6. The summed E-state index contributed by atoms with van der Waals surface area (Å²) in [6.07, 6.45) is 2.72. The van der Waals surface area contributed by atoms with E-state index in [-0.39, 0.29) is 0 Å². The van der Waals surface area contributed by atoms with E-state index in [1.165, 1.54) is 0 Å². The summed E-state index contributed by atoms with van der Waals surface area (Å²) >= 11 is 6.09. The van der Waals surface area contributed by atoms with Gasteiger partial charge < -0.3 is 20.4 Å². The molecule has 25 heavy (non-hydrogen) atoms. The van der Waals surface area contributed by atoms with Crippen LogP contribution in [0.25, 0.3) is 11.0 Å². The monoisotopic (exact) mass is 357 g/mol. The van der Waals surface area contributed by atoms with Crippen LogP contribution >= 0.6 is 11.6 Å². The summed E-state index contributed by atoms with van der Waals surface area (Å²) in [6.45, 7) is 1.46. The van der Waals surface area contributed by atoms with Gasteiger partial charge in [0.05, 0.1) is 29.5 Å². The molecule has 0 atom stereocenters. The summed E-state index contributed by atoms with van der Waals surface area (Å²) in [4.78, 5) is 8.72. The van der Waals surface area contributed by atoms with E-state index in [0.717, 1.165) is 29.7 Å². The van der Waals surface area contributed by atoms with Crippen LogP contribution in [0.1, 0.15) is 6.42 Å². The molecule has 7 heteroatoms. The van der Waals surface area contributed by atoms with E-state index in [1.807, 2.05) is 30.6 Å². The van der Waals surface area contributed by atoms with Gasteiger partial charge in [-0.15, -0.1) is 0 Å². The Hall–Kier alpha value is -2.73.